The van der Waals surface area contributed by atoms with E-state index >= 15 is 0 Å². The maximum absolute atomic E-state index is 12.7. The highest BCUT2D eigenvalue weighted by molar-refractivity contribution is 5.98. The number of carbonyl (C=O) groups excluding carboxylic acids is 1. The Bertz CT molecular complexity index is 519. The van der Waals surface area contributed by atoms with E-state index in [-0.39, 0.29) is 5.91 Å². The highest BCUT2D eigenvalue weighted by Crippen LogP contribution is 2.40. The first-order valence-corrected chi connectivity index (χ1v) is 6.91. The smallest absolute Gasteiger partial charge is 0.257 e. The number of hydrogen-bond acceptors (Lipinski definition) is 5. The van der Waals surface area contributed by atoms with Crippen LogP contribution in [0.4, 0.5) is 0 Å². The van der Waals surface area contributed by atoms with Crippen LogP contribution < -0.4 is 19.5 Å². The minimum absolute atomic E-state index is 0.0504. The highest BCUT2D eigenvalue weighted by Gasteiger charge is 2.29. The molecule has 1 heterocycles. The second-order valence-corrected chi connectivity index (χ2v) is 4.91. The second kappa shape index (κ2) is 6.67. The van der Waals surface area contributed by atoms with Crippen LogP contribution in [0.5, 0.6) is 17.2 Å². The van der Waals surface area contributed by atoms with E-state index < -0.39 is 0 Å². The van der Waals surface area contributed by atoms with Crippen LogP contribution >= 0.6 is 0 Å². The van der Waals surface area contributed by atoms with E-state index in [1.807, 2.05) is 11.9 Å². The number of nitrogens with one attached hydrogen (secondary N) is 1. The number of likely N-dealkylation sites (tertiary alicyclic amines) is 1. The normalized spacial score (nSPS) is 17.7. The van der Waals surface area contributed by atoms with Crippen molar-refractivity contribution in [2.24, 2.45) is 0 Å². The molecule has 21 heavy (non-hydrogen) atoms. The SMILES string of the molecule is CNC1CCN(C(=O)c2ccc(OC)c(OC)c2OC)C1. The minimum Gasteiger partial charge on any atom is -0.493 e. The standard InChI is InChI=1S/C15H22N2O4/c1-16-10-7-8-17(9-10)15(18)11-5-6-12(19-2)14(21-4)13(11)20-3/h5-6,10,16H,7-9H2,1-4H3. The van der Waals surface area contributed by atoms with Gasteiger partial charge in [-0.2, -0.15) is 0 Å². The van der Waals surface area contributed by atoms with Crippen molar-refractivity contribution in [1.82, 2.24) is 10.2 Å². The summed E-state index contributed by atoms with van der Waals surface area (Å²) in [7, 11) is 6.52. The fourth-order valence-electron chi connectivity index (χ4n) is 2.62. The molecule has 1 N–H and O–H groups in total. The van der Waals surface area contributed by atoms with Gasteiger partial charge in [-0.1, -0.05) is 0 Å². The summed E-state index contributed by atoms with van der Waals surface area (Å²) in [6, 6.07) is 3.79. The molecule has 0 bridgehead atoms. The lowest BCUT2D eigenvalue weighted by Gasteiger charge is -2.20. The van der Waals surface area contributed by atoms with Gasteiger partial charge in [0.2, 0.25) is 5.75 Å². The number of ether oxygens (including phenoxy) is 3. The van der Waals surface area contributed by atoms with E-state index in [2.05, 4.69) is 5.32 Å². The van der Waals surface area contributed by atoms with Crippen molar-refractivity contribution >= 4 is 5.91 Å². The van der Waals surface area contributed by atoms with Crippen LogP contribution in [0.3, 0.4) is 0 Å². The quantitative estimate of drug-likeness (QED) is 0.882. The predicted molar refractivity (Wildman–Crippen MR) is 79.5 cm³/mol. The number of methoxy groups -OCH3 is 3. The largest absolute Gasteiger partial charge is 0.493 e. The Morgan fingerprint density at radius 3 is 2.43 bits per heavy atom. The van der Waals surface area contributed by atoms with E-state index in [4.69, 9.17) is 14.2 Å². The number of amides is 1. The van der Waals surface area contributed by atoms with Gasteiger partial charge in [0.25, 0.3) is 5.91 Å². The van der Waals surface area contributed by atoms with Gasteiger partial charge in [0, 0.05) is 19.1 Å². The van der Waals surface area contributed by atoms with Gasteiger partial charge in [-0.15, -0.1) is 0 Å². The molecule has 1 atom stereocenters. The van der Waals surface area contributed by atoms with Crippen molar-refractivity contribution in [2.75, 3.05) is 41.5 Å². The number of likely N-dealkylation sites (N-methyl/N-ethyl adjacent to an activating group) is 1. The molecule has 1 aromatic rings. The fourth-order valence-corrected chi connectivity index (χ4v) is 2.62. The summed E-state index contributed by atoms with van der Waals surface area (Å²) in [6.45, 7) is 1.44. The molecule has 6 nitrogen and oxygen atoms in total. The molecule has 1 aromatic carbocycles. The van der Waals surface area contributed by atoms with Gasteiger partial charge < -0.3 is 24.4 Å². The molecule has 0 spiro atoms. The van der Waals surface area contributed by atoms with Crippen molar-refractivity contribution in [3.05, 3.63) is 17.7 Å². The molecule has 0 aromatic heterocycles. The first kappa shape index (κ1) is 15.4. The zero-order chi connectivity index (χ0) is 15.4. The Balaban J connectivity index is 2.33. The lowest BCUT2D eigenvalue weighted by Crippen LogP contribution is -2.33. The summed E-state index contributed by atoms with van der Waals surface area (Å²) < 4.78 is 15.9. The van der Waals surface area contributed by atoms with E-state index in [0.29, 0.717) is 35.4 Å². The molecule has 1 saturated heterocycles. The summed E-state index contributed by atoms with van der Waals surface area (Å²) in [5.41, 5.74) is 0.493. The number of rotatable bonds is 5. The molecule has 6 heteroatoms. The Morgan fingerprint density at radius 2 is 1.90 bits per heavy atom. The molecular weight excluding hydrogens is 272 g/mol. The van der Waals surface area contributed by atoms with Gasteiger partial charge in [-0.25, -0.2) is 0 Å². The van der Waals surface area contributed by atoms with Crippen LogP contribution in [0, 0.1) is 0 Å². The average molecular weight is 294 g/mol. The first-order chi connectivity index (χ1) is 10.2. The number of hydrogen-bond donors (Lipinski definition) is 1. The van der Waals surface area contributed by atoms with Crippen molar-refractivity contribution in [2.45, 2.75) is 12.5 Å². The van der Waals surface area contributed by atoms with Gasteiger partial charge in [-0.3, -0.25) is 4.79 Å². The van der Waals surface area contributed by atoms with Crippen molar-refractivity contribution in [1.29, 1.82) is 0 Å². The molecule has 1 aliphatic rings. The van der Waals surface area contributed by atoms with E-state index in [0.717, 1.165) is 13.0 Å². The summed E-state index contributed by atoms with van der Waals surface area (Å²) in [4.78, 5) is 14.5. The zero-order valence-electron chi connectivity index (χ0n) is 12.9. The topological polar surface area (TPSA) is 60.0 Å². The Hall–Kier alpha value is -1.95. The van der Waals surface area contributed by atoms with E-state index in [1.165, 1.54) is 14.2 Å². The zero-order valence-corrected chi connectivity index (χ0v) is 12.9. The van der Waals surface area contributed by atoms with E-state index in [1.54, 1.807) is 19.2 Å². The van der Waals surface area contributed by atoms with Crippen LogP contribution in [0.1, 0.15) is 16.8 Å². The van der Waals surface area contributed by atoms with Crippen molar-refractivity contribution < 1.29 is 19.0 Å². The number of carbonyl (C=O) groups is 1. The third kappa shape index (κ3) is 2.90. The molecule has 1 aliphatic heterocycles. The fraction of sp³-hybridized carbons (Fsp3) is 0.533. The van der Waals surface area contributed by atoms with Gasteiger partial charge in [0.1, 0.15) is 0 Å². The summed E-state index contributed by atoms with van der Waals surface area (Å²) in [5.74, 6) is 1.34. The molecule has 1 fully saturated rings. The van der Waals surface area contributed by atoms with Gasteiger partial charge in [0.15, 0.2) is 11.5 Å². The molecule has 0 saturated carbocycles. The van der Waals surface area contributed by atoms with Crippen LogP contribution in [0.15, 0.2) is 12.1 Å². The highest BCUT2D eigenvalue weighted by atomic mass is 16.5. The van der Waals surface area contributed by atoms with Gasteiger partial charge in [-0.05, 0) is 25.6 Å². The Morgan fingerprint density at radius 1 is 1.19 bits per heavy atom. The van der Waals surface area contributed by atoms with Crippen LogP contribution in [-0.4, -0.2) is 58.3 Å². The van der Waals surface area contributed by atoms with Crippen LogP contribution in [0.2, 0.25) is 0 Å². The third-order valence-electron chi connectivity index (χ3n) is 3.82. The van der Waals surface area contributed by atoms with Gasteiger partial charge >= 0.3 is 0 Å². The third-order valence-corrected chi connectivity index (χ3v) is 3.82. The lowest BCUT2D eigenvalue weighted by atomic mass is 10.1. The number of benzene rings is 1. The van der Waals surface area contributed by atoms with Gasteiger partial charge in [0.05, 0.1) is 26.9 Å². The molecule has 2 rings (SSSR count). The maximum Gasteiger partial charge on any atom is 0.257 e. The molecule has 1 unspecified atom stereocenters. The Kier molecular flexibility index (Phi) is 4.90. The molecular formula is C15H22N2O4. The minimum atomic E-state index is -0.0504. The lowest BCUT2D eigenvalue weighted by molar-refractivity contribution is 0.0785. The average Bonchev–Trinajstić information content (AvgIpc) is 3.01. The van der Waals surface area contributed by atoms with E-state index in [9.17, 15) is 4.79 Å². The summed E-state index contributed by atoms with van der Waals surface area (Å²) >= 11 is 0. The first-order valence-electron chi connectivity index (χ1n) is 6.91. The van der Waals surface area contributed by atoms with Crippen molar-refractivity contribution in [3.8, 4) is 17.2 Å². The Labute approximate surface area is 125 Å². The second-order valence-electron chi connectivity index (χ2n) is 4.91. The maximum atomic E-state index is 12.7. The molecule has 0 radical (unpaired) electrons. The molecule has 116 valence electrons. The molecule has 1 amide bonds. The predicted octanol–water partition coefficient (Wildman–Crippen LogP) is 1.15. The van der Waals surface area contributed by atoms with Crippen LogP contribution in [0.25, 0.3) is 0 Å². The number of nitrogens with zero attached hydrogens (tertiary/aromatic N) is 1. The summed E-state index contributed by atoms with van der Waals surface area (Å²) in [6.07, 6.45) is 0.956. The summed E-state index contributed by atoms with van der Waals surface area (Å²) in [5, 5.41) is 3.20. The monoisotopic (exact) mass is 294 g/mol. The van der Waals surface area contributed by atoms with Crippen LogP contribution in [-0.2, 0) is 0 Å². The van der Waals surface area contributed by atoms with Crippen molar-refractivity contribution in [3.63, 3.8) is 0 Å². The molecule has 0 aliphatic carbocycles.